The van der Waals surface area contributed by atoms with Gasteiger partial charge in [-0.3, -0.25) is 19.5 Å². The number of carbonyl (C=O) groups excluding carboxylic acids is 2. The number of Topliss-reactive ketones (excluding diaryl/α,β-unsaturated/α-hetero) is 1. The molecule has 1 N–H and O–H groups in total. The van der Waals surface area contributed by atoms with Crippen LogP contribution in [0.25, 0.3) is 5.76 Å². The van der Waals surface area contributed by atoms with Crippen molar-refractivity contribution in [3.63, 3.8) is 0 Å². The average molecular weight is 444 g/mol. The van der Waals surface area contributed by atoms with E-state index in [0.717, 1.165) is 11.1 Å². The van der Waals surface area contributed by atoms with Gasteiger partial charge in [0.2, 0.25) is 0 Å². The van der Waals surface area contributed by atoms with Crippen molar-refractivity contribution >= 4 is 23.1 Å². The molecule has 0 bridgehead atoms. The molecule has 1 fully saturated rings. The molecule has 0 aliphatic carbocycles. The quantitative estimate of drug-likeness (QED) is 0.358. The second-order valence-electron chi connectivity index (χ2n) is 7.84. The highest BCUT2D eigenvalue weighted by molar-refractivity contribution is 6.51. The van der Waals surface area contributed by atoms with Gasteiger partial charge in [-0.05, 0) is 67.4 Å². The number of benzene rings is 2. The highest BCUT2D eigenvalue weighted by Crippen LogP contribution is 2.43. The van der Waals surface area contributed by atoms with E-state index in [1.165, 1.54) is 19.1 Å². The Morgan fingerprint density at radius 2 is 1.70 bits per heavy atom. The second kappa shape index (κ2) is 8.78. The molecule has 3 aromatic rings. The molecular formula is C26H24N2O5. The van der Waals surface area contributed by atoms with E-state index in [1.807, 2.05) is 32.0 Å². The SMILES string of the molecule is COc1ccc(OC)c(/C(O)=C2\C(=O)C(=O)N(c3cc(C)cc(C)c3)C2c2ccccn2)c1. The van der Waals surface area contributed by atoms with Crippen LogP contribution in [0.4, 0.5) is 5.69 Å². The smallest absolute Gasteiger partial charge is 0.300 e. The summed E-state index contributed by atoms with van der Waals surface area (Å²) in [6.45, 7) is 3.84. The van der Waals surface area contributed by atoms with Crippen LogP contribution in [0.5, 0.6) is 11.5 Å². The molecule has 0 spiro atoms. The first-order valence-corrected chi connectivity index (χ1v) is 10.4. The van der Waals surface area contributed by atoms with Gasteiger partial charge in [0.25, 0.3) is 11.7 Å². The third-order valence-electron chi connectivity index (χ3n) is 5.56. The number of hydrogen-bond donors (Lipinski definition) is 1. The van der Waals surface area contributed by atoms with Crippen LogP contribution in [0.1, 0.15) is 28.4 Å². The number of ketones is 1. The molecule has 2 heterocycles. The normalized spacial score (nSPS) is 17.3. The van der Waals surface area contributed by atoms with E-state index in [2.05, 4.69) is 4.98 Å². The number of aromatic nitrogens is 1. The van der Waals surface area contributed by atoms with E-state index < -0.39 is 17.7 Å². The summed E-state index contributed by atoms with van der Waals surface area (Å²) in [5.74, 6) is -1.08. The zero-order chi connectivity index (χ0) is 23.7. The number of amides is 1. The predicted octanol–water partition coefficient (Wildman–Crippen LogP) is 4.34. The van der Waals surface area contributed by atoms with Crippen molar-refractivity contribution in [2.45, 2.75) is 19.9 Å². The Kier molecular flexibility index (Phi) is 5.87. The molecule has 1 amide bonds. The van der Waals surface area contributed by atoms with Gasteiger partial charge in [-0.15, -0.1) is 0 Å². The zero-order valence-electron chi connectivity index (χ0n) is 18.8. The summed E-state index contributed by atoms with van der Waals surface area (Å²) < 4.78 is 10.7. The van der Waals surface area contributed by atoms with E-state index in [9.17, 15) is 14.7 Å². The van der Waals surface area contributed by atoms with Crippen LogP contribution in [-0.4, -0.2) is 36.0 Å². The lowest BCUT2D eigenvalue weighted by molar-refractivity contribution is -0.132. The molecule has 1 aliphatic rings. The minimum absolute atomic E-state index is 0.0654. The number of aliphatic hydroxyl groups is 1. The van der Waals surface area contributed by atoms with Gasteiger partial charge in [0.05, 0.1) is 31.1 Å². The Morgan fingerprint density at radius 1 is 0.970 bits per heavy atom. The summed E-state index contributed by atoms with van der Waals surface area (Å²) in [6.07, 6.45) is 1.59. The maximum absolute atomic E-state index is 13.3. The molecule has 2 aromatic carbocycles. The summed E-state index contributed by atoms with van der Waals surface area (Å²) in [4.78, 5) is 32.4. The summed E-state index contributed by atoms with van der Waals surface area (Å²) in [7, 11) is 2.96. The van der Waals surface area contributed by atoms with Crippen molar-refractivity contribution in [1.29, 1.82) is 0 Å². The van der Waals surface area contributed by atoms with Crippen LogP contribution in [0.15, 0.2) is 66.4 Å². The molecular weight excluding hydrogens is 420 g/mol. The van der Waals surface area contributed by atoms with Gasteiger partial charge in [0.1, 0.15) is 23.3 Å². The monoisotopic (exact) mass is 444 g/mol. The molecule has 0 radical (unpaired) electrons. The number of ether oxygens (including phenoxy) is 2. The minimum Gasteiger partial charge on any atom is -0.507 e. The Bertz CT molecular complexity index is 1250. The fraction of sp³-hybridized carbons (Fsp3) is 0.192. The van der Waals surface area contributed by atoms with Crippen LogP contribution < -0.4 is 14.4 Å². The topological polar surface area (TPSA) is 89.0 Å². The number of methoxy groups -OCH3 is 2. The van der Waals surface area contributed by atoms with Gasteiger partial charge in [0.15, 0.2) is 0 Å². The highest BCUT2D eigenvalue weighted by atomic mass is 16.5. The molecule has 1 unspecified atom stereocenters. The number of anilines is 1. The largest absolute Gasteiger partial charge is 0.507 e. The van der Waals surface area contributed by atoms with Crippen LogP contribution >= 0.6 is 0 Å². The fourth-order valence-electron chi connectivity index (χ4n) is 4.15. The van der Waals surface area contributed by atoms with Crippen molar-refractivity contribution in [1.82, 2.24) is 4.98 Å². The lowest BCUT2D eigenvalue weighted by Crippen LogP contribution is -2.30. The lowest BCUT2D eigenvalue weighted by atomic mass is 9.97. The average Bonchev–Trinajstić information content (AvgIpc) is 3.08. The number of hydrogen-bond acceptors (Lipinski definition) is 6. The number of carbonyl (C=O) groups is 2. The molecule has 4 rings (SSSR count). The summed E-state index contributed by atoms with van der Waals surface area (Å²) >= 11 is 0. The predicted molar refractivity (Wildman–Crippen MR) is 124 cm³/mol. The van der Waals surface area contributed by atoms with Gasteiger partial charge in [-0.2, -0.15) is 0 Å². The molecule has 33 heavy (non-hydrogen) atoms. The van der Waals surface area contributed by atoms with Crippen LogP contribution in [0.2, 0.25) is 0 Å². The van der Waals surface area contributed by atoms with E-state index in [1.54, 1.807) is 42.6 Å². The number of aliphatic hydroxyl groups excluding tert-OH is 1. The molecule has 1 saturated heterocycles. The minimum atomic E-state index is -0.914. The number of aryl methyl sites for hydroxylation is 2. The van der Waals surface area contributed by atoms with Gasteiger partial charge in [0, 0.05) is 11.9 Å². The first kappa shape index (κ1) is 22.1. The van der Waals surface area contributed by atoms with Crippen molar-refractivity contribution < 1.29 is 24.2 Å². The van der Waals surface area contributed by atoms with Crippen molar-refractivity contribution in [2.75, 3.05) is 19.1 Å². The van der Waals surface area contributed by atoms with E-state index in [4.69, 9.17) is 9.47 Å². The molecule has 7 nitrogen and oxygen atoms in total. The standard InChI is InChI=1S/C26H24N2O5/c1-15-11-16(2)13-17(12-15)28-23(20-7-5-6-10-27-20)22(25(30)26(28)31)24(29)19-14-18(32-3)8-9-21(19)33-4/h5-14,23,29H,1-4H3/b24-22+. The molecule has 1 aliphatic heterocycles. The van der Waals surface area contributed by atoms with Gasteiger partial charge >= 0.3 is 0 Å². The van der Waals surface area contributed by atoms with Crippen LogP contribution in [-0.2, 0) is 9.59 Å². The van der Waals surface area contributed by atoms with E-state index in [0.29, 0.717) is 22.9 Å². The molecule has 0 saturated carbocycles. The molecule has 7 heteroatoms. The van der Waals surface area contributed by atoms with Crippen LogP contribution in [0.3, 0.4) is 0 Å². The number of nitrogens with zero attached hydrogens (tertiary/aromatic N) is 2. The van der Waals surface area contributed by atoms with Crippen LogP contribution in [0, 0.1) is 13.8 Å². The second-order valence-corrected chi connectivity index (χ2v) is 7.84. The third-order valence-corrected chi connectivity index (χ3v) is 5.56. The van der Waals surface area contributed by atoms with Crippen molar-refractivity contribution in [3.05, 3.63) is 88.8 Å². The first-order chi connectivity index (χ1) is 15.8. The van der Waals surface area contributed by atoms with Crippen molar-refractivity contribution in [2.24, 2.45) is 0 Å². The molecule has 1 aromatic heterocycles. The third kappa shape index (κ3) is 3.93. The highest BCUT2D eigenvalue weighted by Gasteiger charge is 2.48. The first-order valence-electron chi connectivity index (χ1n) is 10.4. The van der Waals surface area contributed by atoms with Gasteiger partial charge in [-0.1, -0.05) is 12.1 Å². The van der Waals surface area contributed by atoms with E-state index in [-0.39, 0.29) is 16.9 Å². The summed E-state index contributed by atoms with van der Waals surface area (Å²) in [6, 6.07) is 14.9. The lowest BCUT2D eigenvalue weighted by Gasteiger charge is -2.25. The Hall–Kier alpha value is -4.13. The summed E-state index contributed by atoms with van der Waals surface area (Å²) in [5, 5.41) is 11.4. The fourth-order valence-corrected chi connectivity index (χ4v) is 4.15. The van der Waals surface area contributed by atoms with Gasteiger partial charge < -0.3 is 14.6 Å². The molecule has 168 valence electrons. The number of pyridine rings is 1. The maximum atomic E-state index is 13.3. The summed E-state index contributed by atoms with van der Waals surface area (Å²) in [5.41, 5.74) is 3.09. The maximum Gasteiger partial charge on any atom is 0.300 e. The zero-order valence-corrected chi connectivity index (χ0v) is 18.8. The number of rotatable bonds is 5. The van der Waals surface area contributed by atoms with Gasteiger partial charge in [-0.25, -0.2) is 0 Å². The molecule has 1 atom stereocenters. The van der Waals surface area contributed by atoms with E-state index >= 15 is 0 Å². The van der Waals surface area contributed by atoms with Crippen molar-refractivity contribution in [3.8, 4) is 11.5 Å². The Morgan fingerprint density at radius 3 is 2.30 bits per heavy atom. The Balaban J connectivity index is 1.99. The Labute approximate surface area is 191 Å².